The predicted octanol–water partition coefficient (Wildman–Crippen LogP) is 0.289. The number of nitrogens with zero attached hydrogens (tertiary/aromatic N) is 2. The zero-order valence-corrected chi connectivity index (χ0v) is 8.49. The lowest BCUT2D eigenvalue weighted by atomic mass is 10.0. The molecule has 1 aliphatic rings. The van der Waals surface area contributed by atoms with Gasteiger partial charge in [-0.1, -0.05) is 12.1 Å². The monoisotopic (exact) mass is 185 g/mol. The van der Waals surface area contributed by atoms with E-state index in [2.05, 4.69) is 17.0 Å². The van der Waals surface area contributed by atoms with Gasteiger partial charge in [0.2, 0.25) is 0 Å². The molecule has 76 valence electrons. The minimum Gasteiger partial charge on any atom is -0.399 e. The summed E-state index contributed by atoms with van der Waals surface area (Å²) in [4.78, 5) is 7.17. The molecule has 0 radical (unpaired) electrons. The van der Waals surface area contributed by atoms with E-state index in [1.807, 2.05) is 0 Å². The minimum absolute atomic E-state index is 0.505. The maximum absolute atomic E-state index is 5.54. The highest BCUT2D eigenvalue weighted by molar-refractivity contribution is 5.90. The molecule has 4 nitrogen and oxygen atoms in total. The third-order valence-electron chi connectivity index (χ3n) is 2.51. The largest absolute Gasteiger partial charge is 0.399 e. The van der Waals surface area contributed by atoms with Crippen molar-refractivity contribution >= 4 is 5.71 Å². The van der Waals surface area contributed by atoms with Gasteiger partial charge in [0.25, 0.3) is 0 Å². The Morgan fingerprint density at radius 1 is 1.69 bits per heavy atom. The molecule has 0 aromatic carbocycles. The van der Waals surface area contributed by atoms with Crippen molar-refractivity contribution in [2.75, 3.05) is 33.3 Å². The lowest BCUT2D eigenvalue weighted by molar-refractivity contribution is 0.211. The van der Waals surface area contributed by atoms with E-state index in [9.17, 15) is 0 Å². The minimum atomic E-state index is 0.505. The van der Waals surface area contributed by atoms with Gasteiger partial charge in [0.1, 0.15) is 7.11 Å². The molecule has 0 spiro atoms. The van der Waals surface area contributed by atoms with Crippen molar-refractivity contribution in [1.29, 1.82) is 0 Å². The fourth-order valence-electron chi connectivity index (χ4n) is 1.76. The second-order valence-electron chi connectivity index (χ2n) is 3.37. The first kappa shape index (κ1) is 10.5. The van der Waals surface area contributed by atoms with Gasteiger partial charge in [-0.05, 0) is 19.5 Å². The molecular weight excluding hydrogens is 166 g/mol. The van der Waals surface area contributed by atoms with E-state index in [-0.39, 0.29) is 0 Å². The topological polar surface area (TPSA) is 50.8 Å². The summed E-state index contributed by atoms with van der Waals surface area (Å²) in [6.07, 6.45) is 1.01. The summed E-state index contributed by atoms with van der Waals surface area (Å²) in [7, 11) is 1.60. The number of rotatable bonds is 4. The van der Waals surface area contributed by atoms with Gasteiger partial charge in [0, 0.05) is 19.0 Å². The highest BCUT2D eigenvalue weighted by atomic mass is 16.6. The van der Waals surface area contributed by atoms with E-state index in [0.29, 0.717) is 5.92 Å². The van der Waals surface area contributed by atoms with Crippen LogP contribution in [0.25, 0.3) is 0 Å². The van der Waals surface area contributed by atoms with Crippen LogP contribution in [0.5, 0.6) is 0 Å². The molecule has 0 bridgehead atoms. The summed E-state index contributed by atoms with van der Waals surface area (Å²) < 4.78 is 0. The van der Waals surface area contributed by atoms with Crippen molar-refractivity contribution in [2.45, 2.75) is 13.3 Å². The third kappa shape index (κ3) is 2.67. The molecule has 1 fully saturated rings. The molecule has 1 heterocycles. The van der Waals surface area contributed by atoms with Gasteiger partial charge in [-0.3, -0.25) is 4.90 Å². The van der Waals surface area contributed by atoms with Crippen molar-refractivity contribution in [3.63, 3.8) is 0 Å². The first-order valence-electron chi connectivity index (χ1n) is 4.84. The molecule has 1 atom stereocenters. The fourth-order valence-corrected chi connectivity index (χ4v) is 1.76. The van der Waals surface area contributed by atoms with Crippen molar-refractivity contribution < 1.29 is 4.84 Å². The van der Waals surface area contributed by atoms with Gasteiger partial charge in [0.05, 0.1) is 5.71 Å². The number of likely N-dealkylation sites (tertiary alicyclic amines) is 1. The summed E-state index contributed by atoms with van der Waals surface area (Å²) in [5.41, 5.74) is 6.69. The van der Waals surface area contributed by atoms with Gasteiger partial charge >= 0.3 is 0 Å². The summed E-state index contributed by atoms with van der Waals surface area (Å²) in [6, 6.07) is 0. The molecule has 0 saturated carbocycles. The SMILES string of the molecule is CCN1C/C(=N/OC)C(CCN)C1. The van der Waals surface area contributed by atoms with E-state index in [1.165, 1.54) is 0 Å². The lowest BCUT2D eigenvalue weighted by Gasteiger charge is -2.10. The smallest absolute Gasteiger partial charge is 0.106 e. The van der Waals surface area contributed by atoms with Crippen LogP contribution in [-0.4, -0.2) is 43.9 Å². The highest BCUT2D eigenvalue weighted by Gasteiger charge is 2.27. The van der Waals surface area contributed by atoms with Gasteiger partial charge in [0.15, 0.2) is 0 Å². The molecular formula is C9H19N3O. The van der Waals surface area contributed by atoms with Crippen LogP contribution >= 0.6 is 0 Å². The van der Waals surface area contributed by atoms with Crippen LogP contribution in [0.1, 0.15) is 13.3 Å². The molecule has 0 aromatic rings. The molecule has 1 saturated heterocycles. The number of nitrogens with two attached hydrogens (primary N) is 1. The van der Waals surface area contributed by atoms with E-state index < -0.39 is 0 Å². The van der Waals surface area contributed by atoms with Crippen LogP contribution in [0.4, 0.5) is 0 Å². The summed E-state index contributed by atoms with van der Waals surface area (Å²) in [6.45, 7) is 5.98. The summed E-state index contributed by atoms with van der Waals surface area (Å²) >= 11 is 0. The van der Waals surface area contributed by atoms with Crippen LogP contribution in [0, 0.1) is 5.92 Å². The van der Waals surface area contributed by atoms with Gasteiger partial charge in [-0.25, -0.2) is 0 Å². The molecule has 0 aliphatic carbocycles. The Bertz CT molecular complexity index is 182. The van der Waals surface area contributed by atoms with E-state index in [4.69, 9.17) is 10.6 Å². The normalized spacial score (nSPS) is 27.0. The highest BCUT2D eigenvalue weighted by Crippen LogP contribution is 2.16. The Kier molecular flexibility index (Phi) is 4.18. The number of oxime groups is 1. The molecule has 1 aliphatic heterocycles. The van der Waals surface area contributed by atoms with Gasteiger partial charge in [-0.2, -0.15) is 0 Å². The first-order chi connectivity index (χ1) is 6.31. The Morgan fingerprint density at radius 2 is 2.46 bits per heavy atom. The standard InChI is InChI=1S/C9H19N3O/c1-3-12-6-8(4-5-10)9(7-12)11-13-2/h8H,3-7,10H2,1-2H3/b11-9-. The maximum atomic E-state index is 5.54. The molecule has 4 heteroatoms. The van der Waals surface area contributed by atoms with Crippen LogP contribution < -0.4 is 5.73 Å². The second kappa shape index (κ2) is 5.19. The molecule has 0 amide bonds. The molecule has 13 heavy (non-hydrogen) atoms. The third-order valence-corrected chi connectivity index (χ3v) is 2.51. The van der Waals surface area contributed by atoms with Crippen LogP contribution in [0.2, 0.25) is 0 Å². The average molecular weight is 185 g/mol. The molecule has 1 unspecified atom stereocenters. The van der Waals surface area contributed by atoms with Crippen LogP contribution in [0.3, 0.4) is 0 Å². The van der Waals surface area contributed by atoms with E-state index in [0.717, 1.165) is 38.3 Å². The first-order valence-corrected chi connectivity index (χ1v) is 4.84. The second-order valence-corrected chi connectivity index (χ2v) is 3.37. The Hall–Kier alpha value is -0.610. The predicted molar refractivity (Wildman–Crippen MR) is 53.7 cm³/mol. The van der Waals surface area contributed by atoms with E-state index >= 15 is 0 Å². The van der Waals surface area contributed by atoms with Gasteiger partial charge < -0.3 is 10.6 Å². The summed E-state index contributed by atoms with van der Waals surface area (Å²) in [5.74, 6) is 0.505. The summed E-state index contributed by atoms with van der Waals surface area (Å²) in [5, 5.41) is 4.04. The Morgan fingerprint density at radius 3 is 3.00 bits per heavy atom. The lowest BCUT2D eigenvalue weighted by Crippen LogP contribution is -2.20. The van der Waals surface area contributed by atoms with Gasteiger partial charge in [-0.15, -0.1) is 0 Å². The maximum Gasteiger partial charge on any atom is 0.106 e. The van der Waals surface area contributed by atoms with Crippen molar-refractivity contribution in [1.82, 2.24) is 4.90 Å². The fraction of sp³-hybridized carbons (Fsp3) is 0.889. The zero-order chi connectivity index (χ0) is 9.68. The Balaban J connectivity index is 2.54. The molecule has 0 aromatic heterocycles. The van der Waals surface area contributed by atoms with E-state index in [1.54, 1.807) is 7.11 Å². The van der Waals surface area contributed by atoms with Crippen molar-refractivity contribution in [2.24, 2.45) is 16.8 Å². The molecule has 2 N–H and O–H groups in total. The number of hydrogen-bond donors (Lipinski definition) is 1. The quantitative estimate of drug-likeness (QED) is 0.640. The van der Waals surface area contributed by atoms with Crippen LogP contribution in [-0.2, 0) is 4.84 Å². The Labute approximate surface area is 79.7 Å². The average Bonchev–Trinajstić information content (AvgIpc) is 2.50. The van der Waals surface area contributed by atoms with Crippen LogP contribution in [0.15, 0.2) is 5.16 Å². The van der Waals surface area contributed by atoms with Crippen molar-refractivity contribution in [3.8, 4) is 0 Å². The molecule has 1 rings (SSSR count). The number of hydrogen-bond acceptors (Lipinski definition) is 4. The van der Waals surface area contributed by atoms with Crippen molar-refractivity contribution in [3.05, 3.63) is 0 Å². The zero-order valence-electron chi connectivity index (χ0n) is 8.49.